The maximum atomic E-state index is 12.9. The SMILES string of the molecule is CCCC(OC)C(=O)Cc1ccc(F)cc1Br. The Morgan fingerprint density at radius 2 is 2.24 bits per heavy atom. The second-order valence-corrected chi connectivity index (χ2v) is 4.75. The molecule has 0 spiro atoms. The molecule has 94 valence electrons. The highest BCUT2D eigenvalue weighted by Crippen LogP contribution is 2.20. The number of hydrogen-bond donors (Lipinski definition) is 0. The summed E-state index contributed by atoms with van der Waals surface area (Å²) in [6.45, 7) is 2.01. The van der Waals surface area contributed by atoms with Gasteiger partial charge in [-0.3, -0.25) is 4.79 Å². The van der Waals surface area contributed by atoms with Crippen LogP contribution in [0.5, 0.6) is 0 Å². The Bertz CT molecular complexity index is 393. The van der Waals surface area contributed by atoms with Crippen LogP contribution in [-0.2, 0) is 16.0 Å². The van der Waals surface area contributed by atoms with E-state index in [1.54, 1.807) is 6.07 Å². The van der Waals surface area contributed by atoms with Crippen LogP contribution in [0, 0.1) is 5.82 Å². The minimum atomic E-state index is -0.364. The molecule has 0 saturated carbocycles. The molecule has 1 atom stereocenters. The van der Waals surface area contributed by atoms with Gasteiger partial charge in [-0.2, -0.15) is 0 Å². The van der Waals surface area contributed by atoms with E-state index in [0.717, 1.165) is 12.0 Å². The molecule has 0 aliphatic heterocycles. The number of carbonyl (C=O) groups is 1. The molecule has 0 heterocycles. The highest BCUT2D eigenvalue weighted by molar-refractivity contribution is 9.10. The van der Waals surface area contributed by atoms with Crippen LogP contribution in [0.15, 0.2) is 22.7 Å². The van der Waals surface area contributed by atoms with Gasteiger partial charge < -0.3 is 4.74 Å². The van der Waals surface area contributed by atoms with Gasteiger partial charge in [-0.1, -0.05) is 35.3 Å². The summed E-state index contributed by atoms with van der Waals surface area (Å²) in [4.78, 5) is 11.9. The van der Waals surface area contributed by atoms with E-state index >= 15 is 0 Å². The molecule has 0 bridgehead atoms. The second-order valence-electron chi connectivity index (χ2n) is 3.89. The molecule has 0 amide bonds. The van der Waals surface area contributed by atoms with Crippen molar-refractivity contribution >= 4 is 21.7 Å². The zero-order valence-electron chi connectivity index (χ0n) is 10.0. The van der Waals surface area contributed by atoms with Crippen molar-refractivity contribution in [3.63, 3.8) is 0 Å². The third-order valence-corrected chi connectivity index (χ3v) is 3.31. The van der Waals surface area contributed by atoms with Crippen LogP contribution >= 0.6 is 15.9 Å². The first kappa shape index (κ1) is 14.3. The molecule has 1 aromatic carbocycles. The molecule has 0 radical (unpaired) electrons. The molecular weight excluding hydrogens is 287 g/mol. The number of benzene rings is 1. The molecule has 0 fully saturated rings. The number of hydrogen-bond acceptors (Lipinski definition) is 2. The van der Waals surface area contributed by atoms with Crippen molar-refractivity contribution in [1.29, 1.82) is 0 Å². The van der Waals surface area contributed by atoms with Gasteiger partial charge in [-0.25, -0.2) is 4.39 Å². The van der Waals surface area contributed by atoms with Gasteiger partial charge in [0.05, 0.1) is 0 Å². The summed E-state index contributed by atoms with van der Waals surface area (Å²) in [5.41, 5.74) is 0.787. The number of halogens is 2. The van der Waals surface area contributed by atoms with Crippen molar-refractivity contribution in [2.24, 2.45) is 0 Å². The van der Waals surface area contributed by atoms with E-state index in [1.165, 1.54) is 19.2 Å². The van der Waals surface area contributed by atoms with Crippen LogP contribution in [0.2, 0.25) is 0 Å². The maximum absolute atomic E-state index is 12.9. The van der Waals surface area contributed by atoms with Gasteiger partial charge in [0.1, 0.15) is 11.9 Å². The van der Waals surface area contributed by atoms with Gasteiger partial charge in [0.15, 0.2) is 5.78 Å². The highest BCUT2D eigenvalue weighted by Gasteiger charge is 2.18. The molecule has 0 saturated heterocycles. The van der Waals surface area contributed by atoms with E-state index in [1.807, 2.05) is 6.92 Å². The summed E-state index contributed by atoms with van der Waals surface area (Å²) in [7, 11) is 1.54. The van der Waals surface area contributed by atoms with Crippen LogP contribution in [0.4, 0.5) is 4.39 Å². The summed E-state index contributed by atoms with van der Waals surface area (Å²) in [6, 6.07) is 4.34. The van der Waals surface area contributed by atoms with Crippen molar-refractivity contribution in [1.82, 2.24) is 0 Å². The molecule has 0 aliphatic carbocycles. The Morgan fingerprint density at radius 1 is 1.53 bits per heavy atom. The largest absolute Gasteiger partial charge is 0.374 e. The van der Waals surface area contributed by atoms with Crippen molar-refractivity contribution in [2.75, 3.05) is 7.11 Å². The van der Waals surface area contributed by atoms with Crippen LogP contribution in [0.1, 0.15) is 25.3 Å². The highest BCUT2D eigenvalue weighted by atomic mass is 79.9. The number of methoxy groups -OCH3 is 1. The fraction of sp³-hybridized carbons (Fsp3) is 0.462. The smallest absolute Gasteiger partial charge is 0.165 e. The van der Waals surface area contributed by atoms with Gasteiger partial charge in [0, 0.05) is 18.0 Å². The molecule has 1 unspecified atom stereocenters. The topological polar surface area (TPSA) is 26.3 Å². The number of rotatable bonds is 6. The standard InChI is InChI=1S/C13H16BrFO2/c1-3-4-13(17-2)12(16)7-9-5-6-10(15)8-11(9)14/h5-6,8,13H,3-4,7H2,1-2H3. The Hall–Kier alpha value is -0.740. The predicted octanol–water partition coefficient (Wildman–Crippen LogP) is 3.51. The molecule has 1 aromatic rings. The Kier molecular flexibility index (Phi) is 5.78. The van der Waals surface area contributed by atoms with E-state index in [2.05, 4.69) is 15.9 Å². The third kappa shape index (κ3) is 4.21. The predicted molar refractivity (Wildman–Crippen MR) is 68.5 cm³/mol. The molecule has 0 aromatic heterocycles. The van der Waals surface area contributed by atoms with Crippen LogP contribution in [-0.4, -0.2) is 19.0 Å². The zero-order chi connectivity index (χ0) is 12.8. The van der Waals surface area contributed by atoms with Crippen LogP contribution < -0.4 is 0 Å². The van der Waals surface area contributed by atoms with Crippen LogP contribution in [0.25, 0.3) is 0 Å². The summed E-state index contributed by atoms with van der Waals surface area (Å²) in [5, 5.41) is 0. The third-order valence-electron chi connectivity index (χ3n) is 2.57. The van der Waals surface area contributed by atoms with Crippen molar-refractivity contribution in [3.8, 4) is 0 Å². The lowest BCUT2D eigenvalue weighted by atomic mass is 10.0. The van der Waals surface area contributed by atoms with Gasteiger partial charge in [-0.15, -0.1) is 0 Å². The van der Waals surface area contributed by atoms with E-state index in [4.69, 9.17) is 4.74 Å². The molecule has 17 heavy (non-hydrogen) atoms. The molecular formula is C13H16BrFO2. The number of carbonyl (C=O) groups excluding carboxylic acids is 1. The first-order chi connectivity index (χ1) is 8.08. The summed E-state index contributed by atoms with van der Waals surface area (Å²) in [6.07, 6.45) is 1.51. The molecule has 0 aliphatic rings. The fourth-order valence-corrected chi connectivity index (χ4v) is 2.13. The number of Topliss-reactive ketones (excluding diaryl/α,β-unsaturated/α-hetero) is 1. The number of ketones is 1. The lowest BCUT2D eigenvalue weighted by Crippen LogP contribution is -2.24. The summed E-state index contributed by atoms with van der Waals surface area (Å²) < 4.78 is 18.7. The number of ether oxygens (including phenoxy) is 1. The molecule has 0 N–H and O–H groups in total. The average Bonchev–Trinajstić information content (AvgIpc) is 2.29. The molecule has 2 nitrogen and oxygen atoms in total. The second kappa shape index (κ2) is 6.87. The molecule has 4 heteroatoms. The van der Waals surface area contributed by atoms with E-state index in [-0.39, 0.29) is 24.1 Å². The maximum Gasteiger partial charge on any atom is 0.165 e. The average molecular weight is 303 g/mol. The van der Waals surface area contributed by atoms with E-state index in [0.29, 0.717) is 10.9 Å². The van der Waals surface area contributed by atoms with Gasteiger partial charge in [0.25, 0.3) is 0 Å². The minimum absolute atomic E-state index is 0.0293. The lowest BCUT2D eigenvalue weighted by Gasteiger charge is -2.13. The summed E-state index contributed by atoms with van der Waals surface area (Å²) in [5.74, 6) is -0.286. The van der Waals surface area contributed by atoms with Gasteiger partial charge in [-0.05, 0) is 24.1 Å². The lowest BCUT2D eigenvalue weighted by molar-refractivity contribution is -0.128. The normalized spacial score (nSPS) is 12.5. The van der Waals surface area contributed by atoms with E-state index in [9.17, 15) is 9.18 Å². The summed E-state index contributed by atoms with van der Waals surface area (Å²) >= 11 is 3.25. The quantitative estimate of drug-likeness (QED) is 0.804. The van der Waals surface area contributed by atoms with Crippen LogP contribution in [0.3, 0.4) is 0 Å². The van der Waals surface area contributed by atoms with Gasteiger partial charge >= 0.3 is 0 Å². The monoisotopic (exact) mass is 302 g/mol. The Balaban J connectivity index is 2.73. The zero-order valence-corrected chi connectivity index (χ0v) is 11.6. The van der Waals surface area contributed by atoms with Gasteiger partial charge in [0.2, 0.25) is 0 Å². The van der Waals surface area contributed by atoms with E-state index < -0.39 is 0 Å². The molecule has 1 rings (SSSR count). The minimum Gasteiger partial charge on any atom is -0.374 e. The van der Waals surface area contributed by atoms with Crippen molar-refractivity contribution in [2.45, 2.75) is 32.3 Å². The van der Waals surface area contributed by atoms with Crippen molar-refractivity contribution in [3.05, 3.63) is 34.1 Å². The van der Waals surface area contributed by atoms with Crippen molar-refractivity contribution < 1.29 is 13.9 Å². The first-order valence-corrected chi connectivity index (χ1v) is 6.37. The first-order valence-electron chi connectivity index (χ1n) is 5.58. The Labute approximate surface area is 109 Å². The fourth-order valence-electron chi connectivity index (χ4n) is 1.64. The Morgan fingerprint density at radius 3 is 2.76 bits per heavy atom.